The van der Waals surface area contributed by atoms with Gasteiger partial charge in [0.15, 0.2) is 5.16 Å². The lowest BCUT2D eigenvalue weighted by Crippen LogP contribution is -2.07. The van der Waals surface area contributed by atoms with E-state index in [4.69, 9.17) is 9.40 Å². The Morgan fingerprint density at radius 1 is 1.19 bits per heavy atom. The van der Waals surface area contributed by atoms with Crippen LogP contribution in [0.15, 0.2) is 52.0 Å². The molecule has 134 valence electrons. The summed E-state index contributed by atoms with van der Waals surface area (Å²) in [6.45, 7) is 0. The number of imidazole rings is 1. The van der Waals surface area contributed by atoms with Crippen LogP contribution in [-0.4, -0.2) is 22.6 Å². The summed E-state index contributed by atoms with van der Waals surface area (Å²) in [6, 6.07) is 13.8. The number of benzene rings is 1. The Kier molecular flexibility index (Phi) is 4.84. The van der Waals surface area contributed by atoms with Gasteiger partial charge in [0.1, 0.15) is 5.76 Å². The number of ether oxygens (including phenoxy) is 1. The van der Waals surface area contributed by atoms with Gasteiger partial charge in [-0.15, -0.1) is 0 Å². The number of methoxy groups -OCH3 is 1. The van der Waals surface area contributed by atoms with Gasteiger partial charge < -0.3 is 9.15 Å². The quantitative estimate of drug-likeness (QED) is 0.493. The number of aryl methyl sites for hydroxylation is 1. The Balaban J connectivity index is 1.61. The van der Waals surface area contributed by atoms with Crippen molar-refractivity contribution in [3.8, 4) is 5.69 Å². The van der Waals surface area contributed by atoms with Crippen LogP contribution in [0.4, 0.5) is 0 Å². The Morgan fingerprint density at radius 2 is 2.00 bits per heavy atom. The summed E-state index contributed by atoms with van der Waals surface area (Å²) in [7, 11) is 1.35. The molecule has 0 saturated heterocycles. The third-order valence-corrected chi connectivity index (χ3v) is 5.47. The highest BCUT2D eigenvalue weighted by atomic mass is 32.2. The lowest BCUT2D eigenvalue weighted by molar-refractivity contribution is 0.0563. The molecule has 1 aromatic carbocycles. The molecule has 1 aliphatic carbocycles. The molecule has 0 saturated carbocycles. The van der Waals surface area contributed by atoms with E-state index in [-0.39, 0.29) is 5.76 Å². The van der Waals surface area contributed by atoms with Crippen LogP contribution in [0.3, 0.4) is 0 Å². The van der Waals surface area contributed by atoms with Crippen LogP contribution < -0.4 is 0 Å². The van der Waals surface area contributed by atoms with Crippen molar-refractivity contribution in [2.45, 2.75) is 36.6 Å². The minimum Gasteiger partial charge on any atom is -0.463 e. The first kappa shape index (κ1) is 17.0. The summed E-state index contributed by atoms with van der Waals surface area (Å²) in [5.41, 5.74) is 3.66. The summed E-state index contributed by atoms with van der Waals surface area (Å²) < 4.78 is 12.5. The number of esters is 1. The first-order valence-corrected chi connectivity index (χ1v) is 9.70. The largest absolute Gasteiger partial charge is 0.463 e. The maximum atomic E-state index is 11.5. The monoisotopic (exact) mass is 368 g/mol. The molecule has 3 aromatic rings. The smallest absolute Gasteiger partial charge is 0.373 e. The number of para-hydroxylation sites is 1. The zero-order chi connectivity index (χ0) is 17.9. The van der Waals surface area contributed by atoms with Gasteiger partial charge in [-0.05, 0) is 49.9 Å². The molecule has 0 fully saturated rings. The number of rotatable bonds is 5. The Bertz CT molecular complexity index is 915. The van der Waals surface area contributed by atoms with E-state index in [9.17, 15) is 4.79 Å². The van der Waals surface area contributed by atoms with E-state index in [2.05, 4.69) is 21.4 Å². The van der Waals surface area contributed by atoms with Crippen molar-refractivity contribution in [1.82, 2.24) is 9.55 Å². The summed E-state index contributed by atoms with van der Waals surface area (Å²) in [4.78, 5) is 16.4. The molecule has 1 aliphatic rings. The topological polar surface area (TPSA) is 57.3 Å². The number of furan rings is 1. The average molecular weight is 368 g/mol. The van der Waals surface area contributed by atoms with Crippen LogP contribution in [-0.2, 0) is 23.3 Å². The van der Waals surface area contributed by atoms with Gasteiger partial charge in [0, 0.05) is 11.4 Å². The van der Waals surface area contributed by atoms with Crippen LogP contribution in [0.2, 0.25) is 0 Å². The number of carbonyl (C=O) groups is 1. The van der Waals surface area contributed by atoms with Crippen molar-refractivity contribution >= 4 is 17.7 Å². The zero-order valence-electron chi connectivity index (χ0n) is 14.6. The number of carbonyl (C=O) groups excluding carboxylic acids is 1. The lowest BCUT2D eigenvalue weighted by Gasteiger charge is -2.15. The maximum Gasteiger partial charge on any atom is 0.373 e. The Hall–Kier alpha value is -2.47. The summed E-state index contributed by atoms with van der Waals surface area (Å²) >= 11 is 1.63. The normalized spacial score (nSPS) is 13.4. The number of hydrogen-bond donors (Lipinski definition) is 0. The van der Waals surface area contributed by atoms with E-state index in [0.717, 1.165) is 29.4 Å². The molecule has 0 bridgehead atoms. The van der Waals surface area contributed by atoms with Crippen molar-refractivity contribution < 1.29 is 13.9 Å². The molecular formula is C20H20N2O3S. The molecule has 0 spiro atoms. The molecule has 5 nitrogen and oxygen atoms in total. The molecule has 0 amide bonds. The third-order valence-electron chi connectivity index (χ3n) is 4.51. The van der Waals surface area contributed by atoms with E-state index >= 15 is 0 Å². The number of aromatic nitrogens is 2. The van der Waals surface area contributed by atoms with Gasteiger partial charge >= 0.3 is 5.97 Å². The van der Waals surface area contributed by atoms with Gasteiger partial charge in [0.05, 0.1) is 18.6 Å². The van der Waals surface area contributed by atoms with Crippen LogP contribution in [0.1, 0.15) is 40.5 Å². The fourth-order valence-electron chi connectivity index (χ4n) is 3.26. The van der Waals surface area contributed by atoms with Crippen LogP contribution in [0, 0.1) is 0 Å². The molecule has 2 heterocycles. The Morgan fingerprint density at radius 3 is 2.81 bits per heavy atom. The highest BCUT2D eigenvalue weighted by Gasteiger charge is 2.21. The van der Waals surface area contributed by atoms with Crippen molar-refractivity contribution in [2.24, 2.45) is 0 Å². The highest BCUT2D eigenvalue weighted by Crippen LogP contribution is 2.32. The van der Waals surface area contributed by atoms with Gasteiger partial charge in [-0.1, -0.05) is 30.0 Å². The van der Waals surface area contributed by atoms with E-state index in [0.29, 0.717) is 5.75 Å². The first-order chi connectivity index (χ1) is 12.8. The predicted molar refractivity (Wildman–Crippen MR) is 99.8 cm³/mol. The van der Waals surface area contributed by atoms with Crippen molar-refractivity contribution in [3.05, 3.63) is 65.4 Å². The van der Waals surface area contributed by atoms with E-state index in [1.165, 1.54) is 31.3 Å². The molecule has 0 N–H and O–H groups in total. The van der Waals surface area contributed by atoms with Crippen molar-refractivity contribution in [3.63, 3.8) is 0 Å². The number of fused-ring (bicyclic) bond motifs is 1. The minimum atomic E-state index is -0.456. The van der Waals surface area contributed by atoms with Crippen LogP contribution in [0.5, 0.6) is 0 Å². The van der Waals surface area contributed by atoms with Gasteiger partial charge in [0.2, 0.25) is 5.76 Å². The van der Waals surface area contributed by atoms with Crippen molar-refractivity contribution in [2.75, 3.05) is 7.11 Å². The molecule has 0 aliphatic heterocycles. The molecule has 0 unspecified atom stereocenters. The fourth-order valence-corrected chi connectivity index (χ4v) is 4.20. The molecule has 2 aromatic heterocycles. The number of hydrogen-bond acceptors (Lipinski definition) is 5. The van der Waals surface area contributed by atoms with Crippen LogP contribution in [0.25, 0.3) is 5.69 Å². The number of nitrogens with zero attached hydrogens (tertiary/aromatic N) is 2. The van der Waals surface area contributed by atoms with Crippen LogP contribution >= 0.6 is 11.8 Å². The summed E-state index contributed by atoms with van der Waals surface area (Å²) in [5, 5.41) is 0.971. The fraction of sp³-hybridized carbons (Fsp3) is 0.300. The van der Waals surface area contributed by atoms with Gasteiger partial charge in [0.25, 0.3) is 0 Å². The van der Waals surface area contributed by atoms with Gasteiger partial charge in [-0.25, -0.2) is 9.78 Å². The molecule has 26 heavy (non-hydrogen) atoms. The van der Waals surface area contributed by atoms with Gasteiger partial charge in [-0.2, -0.15) is 0 Å². The predicted octanol–water partition coefficient (Wildman–Crippen LogP) is 4.42. The second kappa shape index (κ2) is 7.41. The molecule has 0 atom stereocenters. The lowest BCUT2D eigenvalue weighted by atomic mass is 10.0. The summed E-state index contributed by atoms with van der Waals surface area (Å²) in [5.74, 6) is 1.12. The third kappa shape index (κ3) is 3.29. The second-order valence-electron chi connectivity index (χ2n) is 6.21. The molecule has 4 rings (SSSR count). The standard InChI is InChI=1S/C20H20N2O3S/c1-24-19(23)18-12-11-15(25-18)13-26-20-21-16-9-5-6-10-17(16)22(20)14-7-3-2-4-8-14/h2-4,7-8,11-12H,5-6,9-10,13H2,1H3. The molecular weight excluding hydrogens is 348 g/mol. The first-order valence-electron chi connectivity index (χ1n) is 8.72. The second-order valence-corrected chi connectivity index (χ2v) is 7.15. The molecule has 0 radical (unpaired) electrons. The number of thioether (sulfide) groups is 1. The Labute approximate surface area is 156 Å². The van der Waals surface area contributed by atoms with Gasteiger partial charge in [-0.3, -0.25) is 4.57 Å². The van der Waals surface area contributed by atoms with E-state index < -0.39 is 5.97 Å². The van der Waals surface area contributed by atoms with Crippen molar-refractivity contribution in [1.29, 1.82) is 0 Å². The average Bonchev–Trinajstić information content (AvgIpc) is 3.30. The SMILES string of the molecule is COC(=O)c1ccc(CSc2nc3c(n2-c2ccccc2)CCCC3)o1. The summed E-state index contributed by atoms with van der Waals surface area (Å²) in [6.07, 6.45) is 4.50. The highest BCUT2D eigenvalue weighted by molar-refractivity contribution is 7.98. The van der Waals surface area contributed by atoms with E-state index in [1.54, 1.807) is 17.8 Å². The molecule has 6 heteroatoms. The minimum absolute atomic E-state index is 0.230. The van der Waals surface area contributed by atoms with E-state index in [1.807, 2.05) is 24.3 Å². The maximum absolute atomic E-state index is 11.5. The zero-order valence-corrected chi connectivity index (χ0v) is 15.4.